The molecule has 1 unspecified atom stereocenters. The number of hydrogen-bond donors (Lipinski definition) is 0. The minimum atomic E-state index is -1.55. The summed E-state index contributed by atoms with van der Waals surface area (Å²) in [5.41, 5.74) is 0. The molecule has 0 heterocycles. The standard InChI is InChI=1S/C22H38O2P/c1-2-3-4-5-6-7-8-9-10-11-12-13-14-18-21-25(23)24-22-19-16-15-17-20-22/h15-17,19-20H,2-14,18,21H2,1H3/q+1. The predicted octanol–water partition coefficient (Wildman–Crippen LogP) is 8.29. The summed E-state index contributed by atoms with van der Waals surface area (Å²) in [5, 5.41) is 0. The van der Waals surface area contributed by atoms with E-state index in [0.29, 0.717) is 11.9 Å². The van der Waals surface area contributed by atoms with E-state index in [1.807, 2.05) is 30.3 Å². The molecule has 0 aliphatic heterocycles. The van der Waals surface area contributed by atoms with Crippen LogP contribution in [-0.4, -0.2) is 6.16 Å². The Bertz CT molecular complexity index is 419. The molecule has 0 aliphatic carbocycles. The fraction of sp³-hybridized carbons (Fsp3) is 0.727. The largest absolute Gasteiger partial charge is 0.556 e. The molecular formula is C22H38O2P+. The van der Waals surface area contributed by atoms with Crippen LogP contribution in [0.15, 0.2) is 30.3 Å². The van der Waals surface area contributed by atoms with Crippen LogP contribution in [0.3, 0.4) is 0 Å². The zero-order chi connectivity index (χ0) is 18.0. The summed E-state index contributed by atoms with van der Waals surface area (Å²) in [6.45, 7) is 2.28. The predicted molar refractivity (Wildman–Crippen MR) is 110 cm³/mol. The Labute approximate surface area is 156 Å². The van der Waals surface area contributed by atoms with Crippen LogP contribution >= 0.6 is 8.03 Å². The first kappa shape index (κ1) is 22.2. The monoisotopic (exact) mass is 365 g/mol. The van der Waals surface area contributed by atoms with Gasteiger partial charge in [0.15, 0.2) is 11.9 Å². The average molecular weight is 366 g/mol. The van der Waals surface area contributed by atoms with Crippen molar-refractivity contribution >= 4 is 8.03 Å². The van der Waals surface area contributed by atoms with Gasteiger partial charge in [0.05, 0.1) is 0 Å². The van der Waals surface area contributed by atoms with Crippen LogP contribution in [0.1, 0.15) is 96.8 Å². The molecule has 0 fully saturated rings. The summed E-state index contributed by atoms with van der Waals surface area (Å²) in [6.07, 6.45) is 19.5. The molecular weight excluding hydrogens is 327 g/mol. The molecule has 0 aromatic heterocycles. The second-order valence-corrected chi connectivity index (χ2v) is 8.35. The van der Waals surface area contributed by atoms with Crippen molar-refractivity contribution in [2.45, 2.75) is 96.8 Å². The SMILES string of the molecule is CCCCCCCCCCCCCCCC[P+](=O)Oc1ccccc1. The molecule has 0 amide bonds. The number of hydrogen-bond acceptors (Lipinski definition) is 2. The van der Waals surface area contributed by atoms with E-state index in [4.69, 9.17) is 4.52 Å². The van der Waals surface area contributed by atoms with Gasteiger partial charge in [-0.2, -0.15) is 0 Å². The lowest BCUT2D eigenvalue weighted by Crippen LogP contribution is -1.88. The molecule has 0 aliphatic rings. The molecule has 3 heteroatoms. The minimum absolute atomic E-state index is 0.683. The smallest absolute Gasteiger partial charge is 0.254 e. The Morgan fingerprint density at radius 3 is 1.60 bits per heavy atom. The summed E-state index contributed by atoms with van der Waals surface area (Å²) < 4.78 is 17.3. The fourth-order valence-electron chi connectivity index (χ4n) is 3.08. The summed E-state index contributed by atoms with van der Waals surface area (Å²) in [5.74, 6) is 0.717. The van der Waals surface area contributed by atoms with Gasteiger partial charge in [-0.15, -0.1) is 0 Å². The molecule has 0 saturated heterocycles. The van der Waals surface area contributed by atoms with E-state index in [-0.39, 0.29) is 0 Å². The van der Waals surface area contributed by atoms with E-state index in [9.17, 15) is 4.57 Å². The summed E-state index contributed by atoms with van der Waals surface area (Å²) in [4.78, 5) is 0. The van der Waals surface area contributed by atoms with Crippen LogP contribution < -0.4 is 4.52 Å². The van der Waals surface area contributed by atoms with E-state index in [1.54, 1.807) is 0 Å². The number of rotatable bonds is 17. The van der Waals surface area contributed by atoms with Crippen LogP contribution in [0.5, 0.6) is 5.75 Å². The average Bonchev–Trinajstić information content (AvgIpc) is 2.63. The van der Waals surface area contributed by atoms with Crippen LogP contribution in [0.4, 0.5) is 0 Å². The molecule has 1 aromatic carbocycles. The third kappa shape index (κ3) is 14.0. The molecule has 0 radical (unpaired) electrons. The van der Waals surface area contributed by atoms with Crippen LogP contribution in [0, 0.1) is 0 Å². The number of benzene rings is 1. The van der Waals surface area contributed by atoms with Gasteiger partial charge in [0, 0.05) is 0 Å². The van der Waals surface area contributed by atoms with Crippen molar-refractivity contribution in [1.82, 2.24) is 0 Å². The van der Waals surface area contributed by atoms with Crippen molar-refractivity contribution in [3.8, 4) is 5.75 Å². The third-order valence-corrected chi connectivity index (χ3v) is 5.74. The molecule has 25 heavy (non-hydrogen) atoms. The zero-order valence-corrected chi connectivity index (χ0v) is 17.2. The van der Waals surface area contributed by atoms with Crippen molar-refractivity contribution in [1.29, 1.82) is 0 Å². The molecule has 2 nitrogen and oxygen atoms in total. The van der Waals surface area contributed by atoms with Gasteiger partial charge in [-0.1, -0.05) is 102 Å². The molecule has 0 saturated carbocycles. The van der Waals surface area contributed by atoms with Crippen LogP contribution in [0.2, 0.25) is 0 Å². The van der Waals surface area contributed by atoms with Gasteiger partial charge in [0.2, 0.25) is 0 Å². The second kappa shape index (κ2) is 16.6. The summed E-state index contributed by atoms with van der Waals surface area (Å²) in [7, 11) is -1.55. The van der Waals surface area contributed by atoms with E-state index in [0.717, 1.165) is 6.42 Å². The van der Waals surface area contributed by atoms with E-state index < -0.39 is 8.03 Å². The Morgan fingerprint density at radius 2 is 1.12 bits per heavy atom. The lowest BCUT2D eigenvalue weighted by molar-refractivity contribution is 0.499. The molecule has 1 aromatic rings. The molecule has 0 N–H and O–H groups in total. The van der Waals surface area contributed by atoms with E-state index in [1.165, 1.54) is 83.5 Å². The van der Waals surface area contributed by atoms with Gasteiger partial charge in [0.1, 0.15) is 0 Å². The zero-order valence-electron chi connectivity index (χ0n) is 16.3. The van der Waals surface area contributed by atoms with Gasteiger partial charge >= 0.3 is 8.03 Å². The van der Waals surface area contributed by atoms with Crippen molar-refractivity contribution in [2.75, 3.05) is 6.16 Å². The fourth-order valence-corrected chi connectivity index (χ4v) is 4.01. The van der Waals surface area contributed by atoms with Gasteiger partial charge in [0.25, 0.3) is 0 Å². The highest BCUT2D eigenvalue weighted by Crippen LogP contribution is 2.27. The van der Waals surface area contributed by atoms with Crippen molar-refractivity contribution in [3.05, 3.63) is 30.3 Å². The Balaban J connectivity index is 1.79. The van der Waals surface area contributed by atoms with E-state index >= 15 is 0 Å². The quantitative estimate of drug-likeness (QED) is 0.205. The first-order valence-electron chi connectivity index (χ1n) is 10.5. The first-order valence-corrected chi connectivity index (χ1v) is 11.9. The molecule has 1 rings (SSSR count). The molecule has 142 valence electrons. The Kier molecular flexibility index (Phi) is 14.7. The minimum Gasteiger partial charge on any atom is -0.254 e. The molecule has 1 atom stereocenters. The van der Waals surface area contributed by atoms with E-state index in [2.05, 4.69) is 6.92 Å². The lowest BCUT2D eigenvalue weighted by Gasteiger charge is -2.02. The highest BCUT2D eigenvalue weighted by Gasteiger charge is 2.17. The van der Waals surface area contributed by atoms with Gasteiger partial charge in [-0.05, 0) is 29.5 Å². The van der Waals surface area contributed by atoms with Crippen LogP contribution in [-0.2, 0) is 4.57 Å². The third-order valence-electron chi connectivity index (χ3n) is 4.64. The van der Waals surface area contributed by atoms with Crippen LogP contribution in [0.25, 0.3) is 0 Å². The number of unbranched alkanes of at least 4 members (excludes halogenated alkanes) is 13. The highest BCUT2D eigenvalue weighted by molar-refractivity contribution is 7.39. The molecule has 0 bridgehead atoms. The maximum atomic E-state index is 11.9. The molecule has 0 spiro atoms. The Morgan fingerprint density at radius 1 is 0.680 bits per heavy atom. The van der Waals surface area contributed by atoms with Gasteiger partial charge < -0.3 is 0 Å². The topological polar surface area (TPSA) is 26.3 Å². The maximum Gasteiger partial charge on any atom is 0.556 e. The number of para-hydroxylation sites is 1. The normalized spacial score (nSPS) is 11.5. The van der Waals surface area contributed by atoms with Gasteiger partial charge in [-0.3, -0.25) is 4.52 Å². The Hall–Kier alpha value is -0.880. The lowest BCUT2D eigenvalue weighted by atomic mass is 10.0. The van der Waals surface area contributed by atoms with Crippen molar-refractivity contribution in [2.24, 2.45) is 0 Å². The summed E-state index contributed by atoms with van der Waals surface area (Å²) in [6, 6.07) is 9.47. The first-order chi connectivity index (χ1) is 12.3. The van der Waals surface area contributed by atoms with Crippen molar-refractivity contribution in [3.63, 3.8) is 0 Å². The highest BCUT2D eigenvalue weighted by atomic mass is 31.1. The summed E-state index contributed by atoms with van der Waals surface area (Å²) >= 11 is 0. The van der Waals surface area contributed by atoms with Gasteiger partial charge in [-0.25, -0.2) is 0 Å². The van der Waals surface area contributed by atoms with Crippen molar-refractivity contribution < 1.29 is 9.09 Å². The second-order valence-electron chi connectivity index (χ2n) is 7.06. The maximum absolute atomic E-state index is 11.9.